The van der Waals surface area contributed by atoms with Gasteiger partial charge < -0.3 is 5.32 Å². The molecule has 20 heavy (non-hydrogen) atoms. The Morgan fingerprint density at radius 1 is 1.15 bits per heavy atom. The zero-order chi connectivity index (χ0) is 14.9. The van der Waals surface area contributed by atoms with E-state index in [2.05, 4.69) is 5.32 Å². The molecule has 0 bridgehead atoms. The summed E-state index contributed by atoms with van der Waals surface area (Å²) < 4.78 is 51.5. The van der Waals surface area contributed by atoms with Gasteiger partial charge in [-0.15, -0.1) is 11.3 Å². The summed E-state index contributed by atoms with van der Waals surface area (Å²) >= 11 is 1.50. The van der Waals surface area contributed by atoms with Crippen LogP contribution in [0.25, 0.3) is 0 Å². The normalized spacial score (nSPS) is 13.5. The Bertz CT molecular complexity index is 603. The summed E-state index contributed by atoms with van der Waals surface area (Å²) in [5.41, 5.74) is -0.841. The van der Waals surface area contributed by atoms with E-state index in [1.807, 2.05) is 19.1 Å². The van der Waals surface area contributed by atoms with Gasteiger partial charge in [0.05, 0.1) is 11.6 Å². The number of thiophene rings is 1. The molecule has 0 radical (unpaired) electrons. The van der Waals surface area contributed by atoms with Crippen LogP contribution in [-0.2, 0) is 6.18 Å². The standard InChI is InChI=1S/C14H13F4NS/c1-8-3-6-12(20-8)13(19-2)9-4-5-11(15)10(7-9)14(16,17)18/h3-7,13,19H,1-2H3. The Morgan fingerprint density at radius 2 is 1.85 bits per heavy atom. The maximum Gasteiger partial charge on any atom is 0.419 e. The molecule has 6 heteroatoms. The summed E-state index contributed by atoms with van der Waals surface area (Å²) in [6.07, 6.45) is -4.69. The Labute approximate surface area is 118 Å². The molecule has 0 saturated heterocycles. The predicted molar refractivity (Wildman–Crippen MR) is 71.4 cm³/mol. The van der Waals surface area contributed by atoms with Crippen LogP contribution in [0.3, 0.4) is 0 Å². The topological polar surface area (TPSA) is 12.0 Å². The van der Waals surface area contributed by atoms with Crippen LogP contribution in [0.5, 0.6) is 0 Å². The molecule has 2 rings (SSSR count). The summed E-state index contributed by atoms with van der Waals surface area (Å²) in [4.78, 5) is 1.96. The third-order valence-corrected chi connectivity index (χ3v) is 4.03. The maximum absolute atomic E-state index is 13.3. The van der Waals surface area contributed by atoms with Crippen LogP contribution in [0.4, 0.5) is 17.6 Å². The Hall–Kier alpha value is -1.40. The van der Waals surface area contributed by atoms with Crippen molar-refractivity contribution >= 4 is 11.3 Å². The lowest BCUT2D eigenvalue weighted by atomic mass is 10.0. The van der Waals surface area contributed by atoms with Gasteiger partial charge in [-0.3, -0.25) is 0 Å². The summed E-state index contributed by atoms with van der Waals surface area (Å²) in [5.74, 6) is -1.25. The van der Waals surface area contributed by atoms with Crippen molar-refractivity contribution in [3.8, 4) is 0 Å². The van der Waals surface area contributed by atoms with Crippen molar-refractivity contribution < 1.29 is 17.6 Å². The molecule has 1 atom stereocenters. The molecule has 108 valence electrons. The SMILES string of the molecule is CNC(c1ccc(F)c(C(F)(F)F)c1)c1ccc(C)s1. The molecule has 0 aliphatic carbocycles. The molecular formula is C14H13F4NS. The minimum Gasteiger partial charge on any atom is -0.309 e. The van der Waals surface area contributed by atoms with Crippen molar-refractivity contribution in [1.29, 1.82) is 0 Å². The van der Waals surface area contributed by atoms with Crippen LogP contribution in [0.15, 0.2) is 30.3 Å². The van der Waals surface area contributed by atoms with Gasteiger partial charge in [0.25, 0.3) is 0 Å². The molecule has 1 heterocycles. The van der Waals surface area contributed by atoms with Crippen molar-refractivity contribution in [2.45, 2.75) is 19.1 Å². The average Bonchev–Trinajstić information content (AvgIpc) is 2.77. The fraction of sp³-hybridized carbons (Fsp3) is 0.286. The van der Waals surface area contributed by atoms with Gasteiger partial charge in [0.2, 0.25) is 0 Å². The quantitative estimate of drug-likeness (QED) is 0.822. The monoisotopic (exact) mass is 303 g/mol. The lowest BCUT2D eigenvalue weighted by Crippen LogP contribution is -2.18. The van der Waals surface area contributed by atoms with Crippen LogP contribution < -0.4 is 5.32 Å². The largest absolute Gasteiger partial charge is 0.419 e. The number of rotatable bonds is 3. The van der Waals surface area contributed by atoms with E-state index in [1.165, 1.54) is 17.4 Å². The number of alkyl halides is 3. The smallest absolute Gasteiger partial charge is 0.309 e. The number of aryl methyl sites for hydroxylation is 1. The first-order valence-electron chi connectivity index (χ1n) is 5.93. The number of hydrogen-bond donors (Lipinski definition) is 1. The van der Waals surface area contributed by atoms with E-state index in [0.29, 0.717) is 5.56 Å². The van der Waals surface area contributed by atoms with Gasteiger partial charge >= 0.3 is 6.18 Å². The summed E-state index contributed by atoms with van der Waals surface area (Å²) in [5, 5.41) is 2.97. The fourth-order valence-corrected chi connectivity index (χ4v) is 3.04. The highest BCUT2D eigenvalue weighted by Crippen LogP contribution is 2.35. The van der Waals surface area contributed by atoms with E-state index in [0.717, 1.165) is 21.9 Å². The zero-order valence-corrected chi connectivity index (χ0v) is 11.7. The third kappa shape index (κ3) is 3.02. The molecule has 0 amide bonds. The van der Waals surface area contributed by atoms with Gasteiger partial charge in [-0.2, -0.15) is 13.2 Å². The highest BCUT2D eigenvalue weighted by Gasteiger charge is 2.34. The highest BCUT2D eigenvalue weighted by molar-refractivity contribution is 7.12. The Kier molecular flexibility index (Phi) is 4.15. The molecule has 1 aromatic carbocycles. The third-order valence-electron chi connectivity index (χ3n) is 2.96. The first-order valence-corrected chi connectivity index (χ1v) is 6.75. The predicted octanol–water partition coefficient (Wildman–Crippen LogP) is 4.52. The van der Waals surface area contributed by atoms with Crippen LogP contribution in [0.1, 0.15) is 26.9 Å². The van der Waals surface area contributed by atoms with Crippen molar-refractivity contribution in [2.75, 3.05) is 7.05 Å². The lowest BCUT2D eigenvalue weighted by Gasteiger charge is -2.17. The molecule has 1 N–H and O–H groups in total. The van der Waals surface area contributed by atoms with E-state index in [9.17, 15) is 17.6 Å². The average molecular weight is 303 g/mol. The van der Waals surface area contributed by atoms with Gasteiger partial charge in [-0.25, -0.2) is 4.39 Å². The summed E-state index contributed by atoms with van der Waals surface area (Å²) in [6.45, 7) is 1.92. The van der Waals surface area contributed by atoms with Crippen molar-refractivity contribution in [2.24, 2.45) is 0 Å². The minimum absolute atomic E-state index is 0.379. The van der Waals surface area contributed by atoms with Crippen LogP contribution in [-0.4, -0.2) is 7.05 Å². The minimum atomic E-state index is -4.69. The van der Waals surface area contributed by atoms with E-state index in [1.54, 1.807) is 7.05 Å². The molecule has 1 aromatic heterocycles. The van der Waals surface area contributed by atoms with Gasteiger partial charge in [0, 0.05) is 9.75 Å². The van der Waals surface area contributed by atoms with Crippen LogP contribution >= 0.6 is 11.3 Å². The molecule has 0 spiro atoms. The second kappa shape index (κ2) is 5.54. The van der Waals surface area contributed by atoms with E-state index >= 15 is 0 Å². The van der Waals surface area contributed by atoms with Crippen LogP contribution in [0, 0.1) is 12.7 Å². The molecule has 0 aliphatic heterocycles. The molecule has 0 fully saturated rings. The lowest BCUT2D eigenvalue weighted by molar-refractivity contribution is -0.140. The van der Waals surface area contributed by atoms with E-state index in [-0.39, 0.29) is 6.04 Å². The fourth-order valence-electron chi connectivity index (χ4n) is 2.02. The summed E-state index contributed by atoms with van der Waals surface area (Å²) in [6, 6.07) is 6.49. The second-order valence-corrected chi connectivity index (χ2v) is 5.73. The van der Waals surface area contributed by atoms with Crippen molar-refractivity contribution in [3.63, 3.8) is 0 Å². The van der Waals surface area contributed by atoms with E-state index < -0.39 is 17.6 Å². The summed E-state index contributed by atoms with van der Waals surface area (Å²) in [7, 11) is 1.66. The Balaban J connectivity index is 2.46. The molecule has 0 aliphatic rings. The van der Waals surface area contributed by atoms with Gasteiger partial charge in [0.15, 0.2) is 0 Å². The first kappa shape index (κ1) is 15.0. The second-order valence-electron chi connectivity index (χ2n) is 4.41. The number of halogens is 4. The van der Waals surface area contributed by atoms with Crippen molar-refractivity contribution in [3.05, 3.63) is 57.0 Å². The molecule has 1 unspecified atom stereocenters. The molecular weight excluding hydrogens is 290 g/mol. The maximum atomic E-state index is 13.3. The van der Waals surface area contributed by atoms with E-state index in [4.69, 9.17) is 0 Å². The van der Waals surface area contributed by atoms with Gasteiger partial charge in [-0.05, 0) is 43.8 Å². The van der Waals surface area contributed by atoms with Crippen LogP contribution in [0.2, 0.25) is 0 Å². The van der Waals surface area contributed by atoms with Crippen molar-refractivity contribution in [1.82, 2.24) is 5.32 Å². The van der Waals surface area contributed by atoms with Gasteiger partial charge in [-0.1, -0.05) is 6.07 Å². The number of nitrogens with one attached hydrogen (secondary N) is 1. The first-order chi connectivity index (χ1) is 9.32. The highest BCUT2D eigenvalue weighted by atomic mass is 32.1. The molecule has 0 saturated carbocycles. The zero-order valence-electron chi connectivity index (χ0n) is 10.9. The number of benzene rings is 1. The Morgan fingerprint density at radius 3 is 2.35 bits per heavy atom. The molecule has 1 nitrogen and oxygen atoms in total. The number of hydrogen-bond acceptors (Lipinski definition) is 2. The van der Waals surface area contributed by atoms with Gasteiger partial charge in [0.1, 0.15) is 5.82 Å². The molecule has 2 aromatic rings.